The van der Waals surface area contributed by atoms with Crippen molar-refractivity contribution in [3.63, 3.8) is 0 Å². The molecule has 0 aliphatic carbocycles. The summed E-state index contributed by atoms with van der Waals surface area (Å²) in [5.41, 5.74) is 0. The molecule has 0 aromatic carbocycles. The molecule has 7 heteroatoms. The second kappa shape index (κ2) is 8.70. The molecule has 6 nitrogen and oxygen atoms in total. The molecule has 0 radical (unpaired) electrons. The van der Waals surface area contributed by atoms with Crippen molar-refractivity contribution >= 4 is 23.8 Å². The quantitative estimate of drug-likeness (QED) is 0.724. The van der Waals surface area contributed by atoms with Crippen molar-refractivity contribution in [3.8, 4) is 6.07 Å². The van der Waals surface area contributed by atoms with E-state index < -0.39 is 18.2 Å². The van der Waals surface area contributed by atoms with Crippen molar-refractivity contribution in [3.05, 3.63) is 0 Å². The van der Waals surface area contributed by atoms with Gasteiger partial charge in [0.25, 0.3) is 0 Å². The molecule has 0 aliphatic rings. The Labute approximate surface area is 105 Å². The number of carbonyl (C=O) groups excluding carboxylic acids is 2. The topological polar surface area (TPSA) is 91.2 Å². The number of ether oxygens (including phenoxy) is 1. The minimum atomic E-state index is -0.695. The SMILES string of the molecule is CCOC(=O)NC(CSC)C(=O)NC(C)C#N. The molecule has 0 fully saturated rings. The standard InChI is InChI=1S/C10H17N3O3S/c1-4-16-10(15)13-8(6-17-3)9(14)12-7(2)5-11/h7-8H,4,6H2,1-3H3,(H,12,14)(H,13,15). The van der Waals surface area contributed by atoms with Crippen LogP contribution < -0.4 is 10.6 Å². The van der Waals surface area contributed by atoms with Crippen LogP contribution in [0.3, 0.4) is 0 Å². The van der Waals surface area contributed by atoms with E-state index in [4.69, 9.17) is 10.00 Å². The predicted molar refractivity (Wildman–Crippen MR) is 65.5 cm³/mol. The number of rotatable bonds is 6. The summed E-state index contributed by atoms with van der Waals surface area (Å²) in [4.78, 5) is 22.9. The molecule has 2 amide bonds. The first-order valence-electron chi connectivity index (χ1n) is 5.17. The maximum atomic E-state index is 11.7. The van der Waals surface area contributed by atoms with Gasteiger partial charge in [-0.05, 0) is 20.1 Å². The molecule has 0 heterocycles. The van der Waals surface area contributed by atoms with Gasteiger partial charge >= 0.3 is 6.09 Å². The highest BCUT2D eigenvalue weighted by molar-refractivity contribution is 7.98. The largest absolute Gasteiger partial charge is 0.450 e. The highest BCUT2D eigenvalue weighted by Crippen LogP contribution is 1.99. The number of alkyl carbamates (subject to hydrolysis) is 1. The van der Waals surface area contributed by atoms with Crippen LogP contribution in [0.5, 0.6) is 0 Å². The number of amides is 2. The Morgan fingerprint density at radius 1 is 1.47 bits per heavy atom. The van der Waals surface area contributed by atoms with Crippen LogP contribution in [-0.2, 0) is 9.53 Å². The zero-order valence-electron chi connectivity index (χ0n) is 10.1. The fraction of sp³-hybridized carbons (Fsp3) is 0.700. The fourth-order valence-corrected chi connectivity index (χ4v) is 1.58. The summed E-state index contributed by atoms with van der Waals surface area (Å²) in [6.07, 6.45) is 1.19. The molecule has 2 N–H and O–H groups in total. The van der Waals surface area contributed by atoms with E-state index in [1.165, 1.54) is 11.8 Å². The Kier molecular flexibility index (Phi) is 7.97. The molecular formula is C10H17N3O3S. The van der Waals surface area contributed by atoms with E-state index >= 15 is 0 Å². The van der Waals surface area contributed by atoms with Crippen molar-refractivity contribution in [1.29, 1.82) is 5.26 Å². The maximum Gasteiger partial charge on any atom is 0.407 e. The third-order valence-electron chi connectivity index (χ3n) is 1.77. The lowest BCUT2D eigenvalue weighted by Crippen LogP contribution is -2.50. The second-order valence-corrected chi connectivity index (χ2v) is 4.14. The van der Waals surface area contributed by atoms with E-state index in [1.54, 1.807) is 13.8 Å². The van der Waals surface area contributed by atoms with Crippen LogP contribution in [0.25, 0.3) is 0 Å². The van der Waals surface area contributed by atoms with Gasteiger partial charge in [0.2, 0.25) is 5.91 Å². The molecule has 0 bridgehead atoms. The minimum Gasteiger partial charge on any atom is -0.450 e. The van der Waals surface area contributed by atoms with Gasteiger partial charge in [0.1, 0.15) is 12.1 Å². The van der Waals surface area contributed by atoms with Crippen LogP contribution in [0.1, 0.15) is 13.8 Å². The fourth-order valence-electron chi connectivity index (χ4n) is 1.01. The summed E-state index contributed by atoms with van der Waals surface area (Å²) in [5, 5.41) is 13.5. The van der Waals surface area contributed by atoms with Crippen LogP contribution in [0.2, 0.25) is 0 Å². The Morgan fingerprint density at radius 2 is 2.12 bits per heavy atom. The molecule has 96 valence electrons. The summed E-state index contributed by atoms with van der Waals surface area (Å²) >= 11 is 1.42. The molecule has 2 atom stereocenters. The molecule has 0 saturated heterocycles. The van der Waals surface area contributed by atoms with Gasteiger partial charge in [0, 0.05) is 5.75 Å². The molecule has 0 spiro atoms. The Balaban J connectivity index is 4.36. The first kappa shape index (κ1) is 15.6. The van der Waals surface area contributed by atoms with E-state index in [2.05, 4.69) is 10.6 Å². The normalized spacial score (nSPS) is 13.1. The lowest BCUT2D eigenvalue weighted by atomic mass is 10.3. The number of nitrogens with one attached hydrogen (secondary N) is 2. The molecule has 0 aromatic rings. The van der Waals surface area contributed by atoms with E-state index in [-0.39, 0.29) is 12.5 Å². The van der Waals surface area contributed by atoms with Gasteiger partial charge in [-0.2, -0.15) is 17.0 Å². The summed E-state index contributed by atoms with van der Waals surface area (Å²) in [7, 11) is 0. The number of hydrogen-bond donors (Lipinski definition) is 2. The summed E-state index contributed by atoms with van der Waals surface area (Å²) in [5.74, 6) is 0.0319. The second-order valence-electron chi connectivity index (χ2n) is 3.23. The lowest BCUT2D eigenvalue weighted by molar-refractivity contribution is -0.122. The number of nitrogens with zero attached hydrogens (tertiary/aromatic N) is 1. The van der Waals surface area contributed by atoms with Crippen LogP contribution >= 0.6 is 11.8 Å². The van der Waals surface area contributed by atoms with Gasteiger partial charge in [-0.1, -0.05) is 0 Å². The zero-order valence-corrected chi connectivity index (χ0v) is 11.0. The molecule has 0 aromatic heterocycles. The third kappa shape index (κ3) is 6.68. The molecule has 0 rings (SSSR count). The third-order valence-corrected chi connectivity index (χ3v) is 2.44. The van der Waals surface area contributed by atoms with Crippen LogP contribution in [-0.4, -0.2) is 42.7 Å². The Hall–Kier alpha value is -1.42. The van der Waals surface area contributed by atoms with Crippen LogP contribution in [0, 0.1) is 11.3 Å². The Morgan fingerprint density at radius 3 is 2.59 bits per heavy atom. The van der Waals surface area contributed by atoms with Gasteiger partial charge in [-0.3, -0.25) is 4.79 Å². The van der Waals surface area contributed by atoms with Crippen molar-refractivity contribution in [2.45, 2.75) is 25.9 Å². The number of hydrogen-bond acceptors (Lipinski definition) is 5. The van der Waals surface area contributed by atoms with E-state index in [0.717, 1.165) is 0 Å². The number of nitriles is 1. The van der Waals surface area contributed by atoms with E-state index in [1.807, 2.05) is 12.3 Å². The molecule has 2 unspecified atom stereocenters. The zero-order chi connectivity index (χ0) is 13.3. The Bertz CT molecular complexity index is 304. The first-order valence-corrected chi connectivity index (χ1v) is 6.56. The lowest BCUT2D eigenvalue weighted by Gasteiger charge is -2.17. The van der Waals surface area contributed by atoms with Gasteiger partial charge in [-0.25, -0.2) is 4.79 Å². The van der Waals surface area contributed by atoms with Gasteiger partial charge < -0.3 is 15.4 Å². The highest BCUT2D eigenvalue weighted by atomic mass is 32.2. The van der Waals surface area contributed by atoms with Gasteiger partial charge in [0.15, 0.2) is 0 Å². The van der Waals surface area contributed by atoms with Crippen molar-refractivity contribution in [1.82, 2.24) is 10.6 Å². The van der Waals surface area contributed by atoms with E-state index in [0.29, 0.717) is 5.75 Å². The predicted octanol–water partition coefficient (Wildman–Crippen LogP) is 0.492. The van der Waals surface area contributed by atoms with Crippen molar-refractivity contribution < 1.29 is 14.3 Å². The first-order chi connectivity index (χ1) is 8.04. The van der Waals surface area contributed by atoms with Gasteiger partial charge in [-0.15, -0.1) is 0 Å². The summed E-state index contributed by atoms with van der Waals surface area (Å²) < 4.78 is 4.70. The number of carbonyl (C=O) groups is 2. The monoisotopic (exact) mass is 259 g/mol. The van der Waals surface area contributed by atoms with E-state index in [9.17, 15) is 9.59 Å². The van der Waals surface area contributed by atoms with Crippen LogP contribution in [0.4, 0.5) is 4.79 Å². The molecule has 0 aliphatic heterocycles. The maximum absolute atomic E-state index is 11.7. The molecule has 17 heavy (non-hydrogen) atoms. The van der Waals surface area contributed by atoms with Crippen molar-refractivity contribution in [2.75, 3.05) is 18.6 Å². The summed E-state index contributed by atoms with van der Waals surface area (Å²) in [6.45, 7) is 3.49. The summed E-state index contributed by atoms with van der Waals surface area (Å²) in [6, 6.07) is 0.607. The minimum absolute atomic E-state index is 0.244. The van der Waals surface area contributed by atoms with Crippen molar-refractivity contribution in [2.24, 2.45) is 0 Å². The average Bonchev–Trinajstić information content (AvgIpc) is 2.28. The van der Waals surface area contributed by atoms with Gasteiger partial charge in [0.05, 0.1) is 12.7 Å². The number of thioether (sulfide) groups is 1. The molecule has 0 saturated carbocycles. The average molecular weight is 259 g/mol. The molecular weight excluding hydrogens is 242 g/mol. The smallest absolute Gasteiger partial charge is 0.407 e. The highest BCUT2D eigenvalue weighted by Gasteiger charge is 2.21. The van der Waals surface area contributed by atoms with Crippen LogP contribution in [0.15, 0.2) is 0 Å².